The number of amides is 1. The highest BCUT2D eigenvalue weighted by atomic mass is 19.1. The SMILES string of the molecule is CNc1ncc(F)cc1C(=O)N1CCOC2CCCC21. The lowest BCUT2D eigenvalue weighted by molar-refractivity contribution is -0.0445. The summed E-state index contributed by atoms with van der Waals surface area (Å²) in [7, 11) is 1.68. The third-order valence-electron chi connectivity index (χ3n) is 4.06. The van der Waals surface area contributed by atoms with Crippen molar-refractivity contribution in [1.29, 1.82) is 0 Å². The Morgan fingerprint density at radius 1 is 1.55 bits per heavy atom. The molecule has 1 aromatic rings. The summed E-state index contributed by atoms with van der Waals surface area (Å²) in [5, 5.41) is 2.85. The number of carbonyl (C=O) groups excluding carboxylic acids is 1. The number of fused-ring (bicyclic) bond motifs is 1. The number of morpholine rings is 1. The average molecular weight is 279 g/mol. The largest absolute Gasteiger partial charge is 0.374 e. The summed E-state index contributed by atoms with van der Waals surface area (Å²) in [6.45, 7) is 1.10. The molecule has 0 spiro atoms. The van der Waals surface area contributed by atoms with Crippen molar-refractivity contribution in [2.75, 3.05) is 25.5 Å². The van der Waals surface area contributed by atoms with E-state index in [0.29, 0.717) is 24.5 Å². The molecule has 2 aliphatic rings. The number of nitrogens with one attached hydrogen (secondary N) is 1. The van der Waals surface area contributed by atoms with Crippen LogP contribution < -0.4 is 5.32 Å². The van der Waals surface area contributed by atoms with E-state index in [1.54, 1.807) is 7.05 Å². The maximum absolute atomic E-state index is 13.4. The van der Waals surface area contributed by atoms with Gasteiger partial charge in [-0.25, -0.2) is 9.37 Å². The molecule has 20 heavy (non-hydrogen) atoms. The molecule has 0 radical (unpaired) electrons. The first-order chi connectivity index (χ1) is 9.70. The van der Waals surface area contributed by atoms with E-state index in [1.165, 1.54) is 6.07 Å². The van der Waals surface area contributed by atoms with Crippen LogP contribution >= 0.6 is 0 Å². The molecule has 1 saturated heterocycles. The Morgan fingerprint density at radius 2 is 2.40 bits per heavy atom. The van der Waals surface area contributed by atoms with E-state index in [0.717, 1.165) is 25.5 Å². The number of hydrogen-bond acceptors (Lipinski definition) is 4. The third-order valence-corrected chi connectivity index (χ3v) is 4.06. The number of ether oxygens (including phenoxy) is 1. The van der Waals surface area contributed by atoms with Gasteiger partial charge in [0, 0.05) is 13.6 Å². The van der Waals surface area contributed by atoms with Gasteiger partial charge in [-0.3, -0.25) is 4.79 Å². The summed E-state index contributed by atoms with van der Waals surface area (Å²) in [4.78, 5) is 18.4. The fraction of sp³-hybridized carbons (Fsp3) is 0.571. The second-order valence-corrected chi connectivity index (χ2v) is 5.21. The number of aromatic nitrogens is 1. The van der Waals surface area contributed by atoms with Crippen LogP contribution in [0.2, 0.25) is 0 Å². The van der Waals surface area contributed by atoms with E-state index >= 15 is 0 Å². The minimum atomic E-state index is -0.497. The molecular weight excluding hydrogens is 261 g/mol. The standard InChI is InChI=1S/C14H18FN3O2/c1-16-13-10(7-9(15)8-17-13)14(19)18-5-6-20-12-4-2-3-11(12)18/h7-8,11-12H,2-6H2,1H3,(H,16,17). The molecule has 3 rings (SSSR count). The fourth-order valence-corrected chi connectivity index (χ4v) is 3.13. The number of rotatable bonds is 2. The summed E-state index contributed by atoms with van der Waals surface area (Å²) in [5.74, 6) is -0.248. The minimum absolute atomic E-state index is 0.115. The van der Waals surface area contributed by atoms with E-state index in [-0.39, 0.29) is 18.1 Å². The van der Waals surface area contributed by atoms with Crippen LogP contribution in [-0.2, 0) is 4.74 Å². The van der Waals surface area contributed by atoms with Gasteiger partial charge in [0.25, 0.3) is 5.91 Å². The lowest BCUT2D eigenvalue weighted by atomic mass is 10.1. The Morgan fingerprint density at radius 3 is 3.20 bits per heavy atom. The third kappa shape index (κ3) is 2.24. The van der Waals surface area contributed by atoms with Crippen molar-refractivity contribution >= 4 is 11.7 Å². The predicted molar refractivity (Wildman–Crippen MR) is 72.2 cm³/mol. The van der Waals surface area contributed by atoms with Gasteiger partial charge >= 0.3 is 0 Å². The zero-order chi connectivity index (χ0) is 14.1. The van der Waals surface area contributed by atoms with Crippen LogP contribution in [0.5, 0.6) is 0 Å². The van der Waals surface area contributed by atoms with Gasteiger partial charge in [0.05, 0.1) is 30.5 Å². The predicted octanol–water partition coefficient (Wildman–Crippen LogP) is 1.66. The molecule has 2 unspecified atom stereocenters. The summed E-state index contributed by atoms with van der Waals surface area (Å²) in [6.07, 6.45) is 4.26. The van der Waals surface area contributed by atoms with Gasteiger partial charge in [-0.15, -0.1) is 0 Å². The molecule has 1 aromatic heterocycles. The van der Waals surface area contributed by atoms with Crippen molar-refractivity contribution < 1.29 is 13.9 Å². The topological polar surface area (TPSA) is 54.5 Å². The van der Waals surface area contributed by atoms with Crippen molar-refractivity contribution in [1.82, 2.24) is 9.88 Å². The van der Waals surface area contributed by atoms with Crippen LogP contribution in [-0.4, -0.2) is 48.1 Å². The number of halogens is 1. The van der Waals surface area contributed by atoms with Crippen LogP contribution in [0.15, 0.2) is 12.3 Å². The second-order valence-electron chi connectivity index (χ2n) is 5.21. The monoisotopic (exact) mass is 279 g/mol. The van der Waals surface area contributed by atoms with Gasteiger partial charge in [-0.05, 0) is 25.3 Å². The van der Waals surface area contributed by atoms with Crippen LogP contribution in [0.4, 0.5) is 10.2 Å². The summed E-state index contributed by atoms with van der Waals surface area (Å²) in [5.41, 5.74) is 0.292. The maximum atomic E-state index is 13.4. The molecule has 1 aliphatic carbocycles. The van der Waals surface area contributed by atoms with Gasteiger partial charge < -0.3 is 15.0 Å². The lowest BCUT2D eigenvalue weighted by Gasteiger charge is -2.37. The minimum Gasteiger partial charge on any atom is -0.374 e. The molecule has 6 heteroatoms. The fourth-order valence-electron chi connectivity index (χ4n) is 3.13. The van der Waals surface area contributed by atoms with Crippen molar-refractivity contribution in [2.45, 2.75) is 31.4 Å². The molecule has 1 amide bonds. The Hall–Kier alpha value is -1.69. The molecule has 0 bridgehead atoms. The zero-order valence-corrected chi connectivity index (χ0v) is 11.4. The average Bonchev–Trinajstić information content (AvgIpc) is 2.94. The molecule has 1 aliphatic heterocycles. The highest BCUT2D eigenvalue weighted by Crippen LogP contribution is 2.31. The maximum Gasteiger partial charge on any atom is 0.258 e. The lowest BCUT2D eigenvalue weighted by Crippen LogP contribution is -2.51. The van der Waals surface area contributed by atoms with Gasteiger partial charge in [0.2, 0.25) is 0 Å². The molecule has 2 heterocycles. The summed E-state index contributed by atoms with van der Waals surface area (Å²) < 4.78 is 19.1. The van der Waals surface area contributed by atoms with Crippen LogP contribution in [0.25, 0.3) is 0 Å². The van der Waals surface area contributed by atoms with Gasteiger partial charge in [0.15, 0.2) is 0 Å². The Balaban J connectivity index is 1.90. The highest BCUT2D eigenvalue weighted by Gasteiger charge is 2.39. The van der Waals surface area contributed by atoms with E-state index in [9.17, 15) is 9.18 Å². The van der Waals surface area contributed by atoms with E-state index in [4.69, 9.17) is 4.74 Å². The molecule has 108 valence electrons. The number of nitrogens with zero attached hydrogens (tertiary/aromatic N) is 2. The highest BCUT2D eigenvalue weighted by molar-refractivity contribution is 5.99. The van der Waals surface area contributed by atoms with Crippen molar-refractivity contribution in [2.24, 2.45) is 0 Å². The molecule has 1 N–H and O–H groups in total. The van der Waals surface area contributed by atoms with Gasteiger partial charge in [-0.1, -0.05) is 0 Å². The molecule has 2 atom stereocenters. The zero-order valence-electron chi connectivity index (χ0n) is 11.4. The summed E-state index contributed by atoms with van der Waals surface area (Å²) >= 11 is 0. The summed E-state index contributed by atoms with van der Waals surface area (Å²) in [6, 6.07) is 1.37. The smallest absolute Gasteiger partial charge is 0.258 e. The molecular formula is C14H18FN3O2. The Kier molecular flexibility index (Phi) is 3.56. The quantitative estimate of drug-likeness (QED) is 0.894. The van der Waals surface area contributed by atoms with E-state index < -0.39 is 5.82 Å². The van der Waals surface area contributed by atoms with E-state index in [2.05, 4.69) is 10.3 Å². The molecule has 2 fully saturated rings. The van der Waals surface area contributed by atoms with Crippen molar-refractivity contribution in [3.8, 4) is 0 Å². The first-order valence-electron chi connectivity index (χ1n) is 6.96. The Labute approximate surface area is 117 Å². The molecule has 1 saturated carbocycles. The van der Waals surface area contributed by atoms with Crippen LogP contribution in [0.1, 0.15) is 29.6 Å². The first-order valence-corrected chi connectivity index (χ1v) is 6.96. The molecule has 5 nitrogen and oxygen atoms in total. The Bertz CT molecular complexity index is 523. The molecule has 0 aromatic carbocycles. The van der Waals surface area contributed by atoms with Gasteiger partial charge in [0.1, 0.15) is 11.6 Å². The number of anilines is 1. The second kappa shape index (κ2) is 5.36. The van der Waals surface area contributed by atoms with E-state index in [1.807, 2.05) is 4.90 Å². The van der Waals surface area contributed by atoms with Crippen molar-refractivity contribution in [3.05, 3.63) is 23.6 Å². The van der Waals surface area contributed by atoms with Crippen LogP contribution in [0.3, 0.4) is 0 Å². The normalized spacial score (nSPS) is 25.4. The first kappa shape index (κ1) is 13.3. The van der Waals surface area contributed by atoms with Crippen LogP contribution in [0, 0.1) is 5.82 Å². The van der Waals surface area contributed by atoms with Gasteiger partial charge in [-0.2, -0.15) is 0 Å². The number of hydrogen-bond donors (Lipinski definition) is 1. The number of pyridine rings is 1. The number of carbonyl (C=O) groups is 1. The van der Waals surface area contributed by atoms with Crippen molar-refractivity contribution in [3.63, 3.8) is 0 Å².